The first-order valence-corrected chi connectivity index (χ1v) is 10.0. The molecule has 2 aromatic heterocycles. The van der Waals surface area contributed by atoms with Gasteiger partial charge in [-0.1, -0.05) is 60.2 Å². The van der Waals surface area contributed by atoms with Crippen LogP contribution in [0.5, 0.6) is 0 Å². The Kier molecular flexibility index (Phi) is 6.31. The normalized spacial score (nSPS) is 10.4. The molecule has 0 spiro atoms. The number of fused-ring (bicyclic) bond motifs is 1. The van der Waals surface area contributed by atoms with Crippen molar-refractivity contribution in [3.8, 4) is 5.69 Å². The predicted octanol–water partition coefficient (Wildman–Crippen LogP) is 4.03. The summed E-state index contributed by atoms with van der Waals surface area (Å²) in [4.78, 5) is 27.2. The highest BCUT2D eigenvalue weighted by Crippen LogP contribution is 2.22. The van der Waals surface area contributed by atoms with E-state index >= 15 is 0 Å². The van der Waals surface area contributed by atoms with Gasteiger partial charge in [-0.05, 0) is 36.1 Å². The molecule has 1 amide bonds. The molecule has 0 aliphatic heterocycles. The molecule has 0 unspecified atom stereocenters. The molecule has 148 valence electrons. The molecule has 4 rings (SSSR count). The maximum Gasteiger partial charge on any atom is 0.264 e. The summed E-state index contributed by atoms with van der Waals surface area (Å²) >= 11 is 7.29. The maximum atomic E-state index is 12.8. The molecule has 0 bridgehead atoms. The lowest BCUT2D eigenvalue weighted by molar-refractivity contribution is 0.100. The highest BCUT2D eigenvalue weighted by Gasteiger charge is 2.11. The minimum atomic E-state index is -0.482. The number of amides is 1. The van der Waals surface area contributed by atoms with E-state index in [0.717, 1.165) is 34.5 Å². The summed E-state index contributed by atoms with van der Waals surface area (Å²) in [6.07, 6.45) is 2.15. The minimum Gasteiger partial charge on any atom is -0.375 e. The first-order valence-electron chi connectivity index (χ1n) is 8.82. The van der Waals surface area contributed by atoms with E-state index in [1.54, 1.807) is 10.6 Å². The second-order valence-electron chi connectivity index (χ2n) is 6.10. The minimum absolute atomic E-state index is 0.0591. The summed E-state index contributed by atoms with van der Waals surface area (Å²) in [7, 11) is 0. The van der Waals surface area contributed by atoms with E-state index < -0.39 is 5.91 Å². The molecule has 8 heteroatoms. The quantitative estimate of drug-likeness (QED) is 0.516. The number of hydrogen-bond donors (Lipinski definition) is 2. The van der Waals surface area contributed by atoms with Crippen molar-refractivity contribution in [2.75, 3.05) is 5.73 Å². The van der Waals surface area contributed by atoms with Gasteiger partial charge >= 0.3 is 0 Å². The number of aryl methyl sites for hydroxylation is 1. The average molecular weight is 427 g/mol. The number of nitrogen functional groups attached to an aromatic ring is 1. The maximum absolute atomic E-state index is 12.8. The number of primary amides is 1. The molecule has 4 N–H and O–H groups in total. The summed E-state index contributed by atoms with van der Waals surface area (Å²) < 4.78 is 1.74. The van der Waals surface area contributed by atoms with E-state index in [2.05, 4.69) is 4.98 Å². The monoisotopic (exact) mass is 426 g/mol. The number of rotatable bonds is 3. The lowest BCUT2D eigenvalue weighted by Gasteiger charge is -2.14. The number of carbonyl (C=O) groups is 1. The zero-order valence-corrected chi connectivity index (χ0v) is 17.2. The van der Waals surface area contributed by atoms with Gasteiger partial charge in [0.25, 0.3) is 11.5 Å². The lowest BCUT2D eigenvalue weighted by atomic mass is 10.1. The van der Waals surface area contributed by atoms with Gasteiger partial charge in [0.2, 0.25) is 0 Å². The topological polar surface area (TPSA) is 104 Å². The van der Waals surface area contributed by atoms with Crippen molar-refractivity contribution >= 4 is 44.7 Å². The number of carbonyl (C=O) groups excluding carboxylic acids is 1. The van der Waals surface area contributed by atoms with Crippen LogP contribution >= 0.6 is 22.9 Å². The summed E-state index contributed by atoms with van der Waals surface area (Å²) in [6.45, 7) is 2.05. The van der Waals surface area contributed by atoms with E-state index in [-0.39, 0.29) is 5.56 Å². The standard InChI is InChI=1S/C17H14ClNO.C4H5N3OS/c1-2-13-11-12-7-6-10-15(18)16(12)17(20)19(13)14-8-4-3-5-9-14;5-3(8)2-1-7-4(6)9-2/h3-11H,2H2,1H3;1H,(H2,5,8)(H2,6,7). The van der Waals surface area contributed by atoms with Gasteiger partial charge in [-0.25, -0.2) is 4.98 Å². The molecule has 0 aliphatic rings. The van der Waals surface area contributed by atoms with Crippen molar-refractivity contribution in [1.82, 2.24) is 9.55 Å². The molecule has 2 aromatic carbocycles. The van der Waals surface area contributed by atoms with Gasteiger partial charge in [-0.3, -0.25) is 14.2 Å². The number of nitrogens with two attached hydrogens (primary N) is 2. The number of aromatic nitrogens is 2. The molecular weight excluding hydrogens is 408 g/mol. The highest BCUT2D eigenvalue weighted by molar-refractivity contribution is 7.17. The molecular formula is C21H19ClN4O2S. The molecule has 0 fully saturated rings. The number of nitrogens with zero attached hydrogens (tertiary/aromatic N) is 2. The zero-order valence-electron chi connectivity index (χ0n) is 15.6. The van der Waals surface area contributed by atoms with Gasteiger partial charge in [0, 0.05) is 11.4 Å². The molecule has 4 aromatic rings. The Hall–Kier alpha value is -3.16. The number of thiazole rings is 1. The van der Waals surface area contributed by atoms with Gasteiger partial charge in [0.1, 0.15) is 4.88 Å². The highest BCUT2D eigenvalue weighted by atomic mass is 35.5. The molecule has 0 radical (unpaired) electrons. The van der Waals surface area contributed by atoms with Crippen LogP contribution in [-0.4, -0.2) is 15.5 Å². The number of halogens is 1. The van der Waals surface area contributed by atoms with Crippen molar-refractivity contribution < 1.29 is 4.79 Å². The largest absolute Gasteiger partial charge is 0.375 e. The smallest absolute Gasteiger partial charge is 0.264 e. The molecule has 0 saturated carbocycles. The number of hydrogen-bond acceptors (Lipinski definition) is 5. The third-order valence-electron chi connectivity index (χ3n) is 4.22. The number of anilines is 1. The van der Waals surface area contributed by atoms with Crippen molar-refractivity contribution in [1.29, 1.82) is 0 Å². The van der Waals surface area contributed by atoms with Crippen molar-refractivity contribution in [3.05, 3.63) is 86.7 Å². The van der Waals surface area contributed by atoms with Gasteiger partial charge in [0.05, 0.1) is 16.6 Å². The average Bonchev–Trinajstić information content (AvgIpc) is 3.15. The molecule has 0 atom stereocenters. The van der Waals surface area contributed by atoms with Crippen LogP contribution in [0.3, 0.4) is 0 Å². The van der Waals surface area contributed by atoms with Crippen LogP contribution in [0.15, 0.2) is 65.6 Å². The third-order valence-corrected chi connectivity index (χ3v) is 5.37. The number of para-hydroxylation sites is 1. The van der Waals surface area contributed by atoms with E-state index in [1.165, 1.54) is 6.20 Å². The summed E-state index contributed by atoms with van der Waals surface area (Å²) in [5.74, 6) is -0.482. The van der Waals surface area contributed by atoms with Crippen LogP contribution in [0, 0.1) is 0 Å². The third kappa shape index (κ3) is 4.47. The van der Waals surface area contributed by atoms with E-state index in [0.29, 0.717) is 20.4 Å². The van der Waals surface area contributed by atoms with Crippen molar-refractivity contribution in [3.63, 3.8) is 0 Å². The van der Waals surface area contributed by atoms with Crippen molar-refractivity contribution in [2.45, 2.75) is 13.3 Å². The molecule has 2 heterocycles. The molecule has 6 nitrogen and oxygen atoms in total. The second kappa shape index (κ2) is 8.89. The van der Waals surface area contributed by atoms with Gasteiger partial charge in [0.15, 0.2) is 5.13 Å². The van der Waals surface area contributed by atoms with E-state index in [4.69, 9.17) is 23.1 Å². The second-order valence-corrected chi connectivity index (χ2v) is 7.57. The zero-order chi connectivity index (χ0) is 21.0. The molecule has 0 aliphatic carbocycles. The van der Waals surface area contributed by atoms with Crippen LogP contribution in [0.1, 0.15) is 22.3 Å². The van der Waals surface area contributed by atoms with Gasteiger partial charge < -0.3 is 11.5 Å². The fourth-order valence-corrected chi connectivity index (χ4v) is 3.69. The fraction of sp³-hybridized carbons (Fsp3) is 0.0952. The summed E-state index contributed by atoms with van der Waals surface area (Å²) in [5.41, 5.74) is 11.9. The van der Waals surface area contributed by atoms with E-state index in [1.807, 2.05) is 55.5 Å². The Morgan fingerprint density at radius 2 is 1.90 bits per heavy atom. The Morgan fingerprint density at radius 1 is 1.17 bits per heavy atom. The molecule has 0 saturated heterocycles. The van der Waals surface area contributed by atoms with Crippen LogP contribution in [0.2, 0.25) is 5.02 Å². The van der Waals surface area contributed by atoms with Crippen LogP contribution in [0.25, 0.3) is 16.5 Å². The fourth-order valence-electron chi connectivity index (χ4n) is 2.89. The number of benzene rings is 2. The lowest BCUT2D eigenvalue weighted by Crippen LogP contribution is -2.22. The van der Waals surface area contributed by atoms with Crippen LogP contribution in [0.4, 0.5) is 5.13 Å². The van der Waals surface area contributed by atoms with Gasteiger partial charge in [-0.2, -0.15) is 0 Å². The SMILES string of the molecule is CCc1cc2cccc(Cl)c2c(=O)n1-c1ccccc1.NC(=O)c1cnc(N)s1. The first-order chi connectivity index (χ1) is 13.9. The Balaban J connectivity index is 0.000000224. The molecule has 29 heavy (non-hydrogen) atoms. The van der Waals surface area contributed by atoms with Crippen molar-refractivity contribution in [2.24, 2.45) is 5.73 Å². The van der Waals surface area contributed by atoms with Crippen LogP contribution < -0.4 is 17.0 Å². The van der Waals surface area contributed by atoms with Gasteiger partial charge in [-0.15, -0.1) is 0 Å². The number of pyridine rings is 1. The predicted molar refractivity (Wildman–Crippen MR) is 119 cm³/mol. The summed E-state index contributed by atoms with van der Waals surface area (Å²) in [6, 6.07) is 17.3. The van der Waals surface area contributed by atoms with E-state index in [9.17, 15) is 9.59 Å². The summed E-state index contributed by atoms with van der Waals surface area (Å²) in [5, 5.41) is 2.34. The Morgan fingerprint density at radius 3 is 2.45 bits per heavy atom. The Bertz CT molecular complexity index is 1220. The van der Waals surface area contributed by atoms with Crippen LogP contribution in [-0.2, 0) is 6.42 Å². The first kappa shape index (κ1) is 20.6. The Labute approximate surface area is 176 Å².